The SMILES string of the molecule is CC(C(=O)NC(Cc1ccccc1)CC(O)C(CC(=O)C(O)(O)Oc1c(C(O)(O)O)c(O)c(O)c(O)c1C(O)(O)O)Cc1ccccc1)N1C(=O)NC(O)(O)C(O)(O)C1(O)O. The average Bonchev–Trinajstić information content (AvgIpc) is 3.12. The van der Waals surface area contributed by atoms with Gasteiger partial charge in [0.25, 0.3) is 0 Å². The molecule has 0 aromatic heterocycles. The van der Waals surface area contributed by atoms with Crippen LogP contribution in [0, 0.1) is 5.92 Å². The molecule has 1 fully saturated rings. The molecule has 20 N–H and O–H groups in total. The van der Waals surface area contributed by atoms with E-state index >= 15 is 0 Å². The number of urea groups is 1. The van der Waals surface area contributed by atoms with Crippen molar-refractivity contribution in [3.05, 3.63) is 82.9 Å². The summed E-state index contributed by atoms with van der Waals surface area (Å²) in [6, 6.07) is 10.7. The Labute approximate surface area is 342 Å². The van der Waals surface area contributed by atoms with Crippen LogP contribution in [0.5, 0.6) is 23.0 Å². The summed E-state index contributed by atoms with van der Waals surface area (Å²) in [5.74, 6) is -37.9. The van der Waals surface area contributed by atoms with Crippen molar-refractivity contribution in [2.24, 2.45) is 5.92 Å². The number of carbonyl (C=O) groups excluding carboxylic acids is 3. The highest BCUT2D eigenvalue weighted by Gasteiger charge is 2.71. The number of nitrogens with zero attached hydrogens (tertiary/aromatic N) is 1. The quantitative estimate of drug-likeness (QED) is 0.0443. The van der Waals surface area contributed by atoms with Gasteiger partial charge in [0.1, 0.15) is 17.2 Å². The molecule has 4 unspecified atom stereocenters. The molecule has 25 nitrogen and oxygen atoms in total. The zero-order valence-electron chi connectivity index (χ0n) is 31.5. The molecule has 4 atom stereocenters. The van der Waals surface area contributed by atoms with Crippen LogP contribution in [0.3, 0.4) is 0 Å². The predicted octanol–water partition coefficient (Wildman–Crippen LogP) is -6.34. The Kier molecular flexibility index (Phi) is 13.6. The molecule has 3 aromatic rings. The number of phenols is 3. The Morgan fingerprint density at radius 2 is 1.21 bits per heavy atom. The molecule has 4 rings (SSSR count). The van der Waals surface area contributed by atoms with Crippen LogP contribution in [0.4, 0.5) is 4.79 Å². The lowest BCUT2D eigenvalue weighted by Gasteiger charge is -2.52. The van der Waals surface area contributed by atoms with Gasteiger partial charge in [-0.25, -0.2) is 4.79 Å². The molecule has 1 heterocycles. The van der Waals surface area contributed by atoms with Gasteiger partial charge in [0.05, 0.1) is 6.10 Å². The lowest BCUT2D eigenvalue weighted by molar-refractivity contribution is -0.495. The standard InChI is InChI=1S/C36H45N3O22/c1-16(39-30(46)38-35(57,58)34(55,56)36(39,59)60)29(45)37-20(13-18-10-6-3-7-11-18)15-21(40)19(12-17-8-4-2-5-9-17)14-22(41)33(53,54)61-28-23(31(47,48)49)25(42)27(44)26(43)24(28)32(50,51)52/h2-11,16,19-21,40,42-44,47-60H,12-15H2,1H3,(H,37,45)(H,38,46). The van der Waals surface area contributed by atoms with E-state index in [0.29, 0.717) is 11.1 Å². The summed E-state index contributed by atoms with van der Waals surface area (Å²) in [6.07, 6.45) is -3.93. The van der Waals surface area contributed by atoms with Crippen molar-refractivity contribution in [1.29, 1.82) is 0 Å². The van der Waals surface area contributed by atoms with Gasteiger partial charge in [0, 0.05) is 12.5 Å². The number of ketones is 1. The van der Waals surface area contributed by atoms with E-state index in [1.54, 1.807) is 48.5 Å². The third-order valence-corrected chi connectivity index (χ3v) is 9.74. The van der Waals surface area contributed by atoms with E-state index in [0.717, 1.165) is 6.92 Å². The van der Waals surface area contributed by atoms with Crippen LogP contribution in [0.25, 0.3) is 0 Å². The first-order valence-electron chi connectivity index (χ1n) is 17.7. The smallest absolute Gasteiger partial charge is 0.386 e. The van der Waals surface area contributed by atoms with E-state index in [2.05, 4.69) is 10.1 Å². The fraction of sp³-hybridized carbons (Fsp3) is 0.417. The summed E-state index contributed by atoms with van der Waals surface area (Å²) >= 11 is 0. The fourth-order valence-corrected chi connectivity index (χ4v) is 6.55. The van der Waals surface area contributed by atoms with Crippen LogP contribution in [-0.2, 0) is 34.4 Å². The second-order valence-corrected chi connectivity index (χ2v) is 14.3. The number of hydrogen-bond acceptors (Lipinski definition) is 22. The minimum absolute atomic E-state index is 0.152. The number of aliphatic hydroxyl groups is 15. The van der Waals surface area contributed by atoms with E-state index in [1.807, 2.05) is 0 Å². The summed E-state index contributed by atoms with van der Waals surface area (Å²) in [5, 5.41) is 188. The molecule has 61 heavy (non-hydrogen) atoms. The van der Waals surface area contributed by atoms with Gasteiger partial charge in [0.2, 0.25) is 17.4 Å². The molecule has 25 heteroatoms. The molecular weight excluding hydrogens is 826 g/mol. The van der Waals surface area contributed by atoms with Gasteiger partial charge >= 0.3 is 41.6 Å². The molecule has 0 radical (unpaired) electrons. The van der Waals surface area contributed by atoms with Gasteiger partial charge in [-0.15, -0.1) is 0 Å². The summed E-state index contributed by atoms with van der Waals surface area (Å²) in [4.78, 5) is 39.7. The maximum atomic E-state index is 13.6. The highest BCUT2D eigenvalue weighted by molar-refractivity contribution is 5.88. The zero-order chi connectivity index (χ0) is 46.3. The minimum atomic E-state index is -4.40. The molecule has 1 aliphatic rings. The van der Waals surface area contributed by atoms with Crippen molar-refractivity contribution >= 4 is 17.7 Å². The third kappa shape index (κ3) is 10.1. The molecule has 0 bridgehead atoms. The number of benzene rings is 3. The second-order valence-electron chi connectivity index (χ2n) is 14.3. The first-order chi connectivity index (χ1) is 27.8. The lowest BCUT2D eigenvalue weighted by Crippen LogP contribution is -2.86. The average molecular weight is 872 g/mol. The van der Waals surface area contributed by atoms with E-state index in [9.17, 15) is 106 Å². The van der Waals surface area contributed by atoms with Crippen molar-refractivity contribution in [3.63, 3.8) is 0 Å². The van der Waals surface area contributed by atoms with E-state index < -0.39 is 124 Å². The highest BCUT2D eigenvalue weighted by Crippen LogP contribution is 2.53. The molecular formula is C36H45N3O22. The van der Waals surface area contributed by atoms with Crippen LogP contribution in [0.1, 0.15) is 42.0 Å². The number of amides is 3. The summed E-state index contributed by atoms with van der Waals surface area (Å²) in [5.41, 5.74) is -3.02. The van der Waals surface area contributed by atoms with Crippen LogP contribution in [-0.4, -0.2) is 156 Å². The monoisotopic (exact) mass is 871 g/mol. The fourth-order valence-electron chi connectivity index (χ4n) is 6.55. The lowest BCUT2D eigenvalue weighted by atomic mass is 9.85. The second kappa shape index (κ2) is 17.2. The summed E-state index contributed by atoms with van der Waals surface area (Å²) in [6.45, 7) is 0.871. The first-order valence-corrected chi connectivity index (χ1v) is 17.7. The molecule has 3 amide bonds. The van der Waals surface area contributed by atoms with Crippen LogP contribution < -0.4 is 15.4 Å². The molecule has 1 aliphatic heterocycles. The Hall–Kier alpha value is -5.33. The van der Waals surface area contributed by atoms with Gasteiger partial charge < -0.3 is 102 Å². The van der Waals surface area contributed by atoms with Crippen molar-refractivity contribution < 1.29 is 111 Å². The number of carbonyl (C=O) groups is 3. The van der Waals surface area contributed by atoms with Crippen molar-refractivity contribution in [2.45, 2.75) is 86.3 Å². The summed E-state index contributed by atoms with van der Waals surface area (Å²) in [7, 11) is 0. The Morgan fingerprint density at radius 3 is 1.67 bits per heavy atom. The summed E-state index contributed by atoms with van der Waals surface area (Å²) < 4.78 is 4.66. The van der Waals surface area contributed by atoms with E-state index in [-0.39, 0.29) is 17.7 Å². The number of ether oxygens (including phenoxy) is 1. The Bertz CT molecular complexity index is 2030. The zero-order valence-corrected chi connectivity index (χ0v) is 31.5. The number of Topliss-reactive ketones (excluding diaryl/α,β-unsaturated/α-hetero) is 1. The topological polar surface area (TPSA) is 452 Å². The predicted molar refractivity (Wildman–Crippen MR) is 193 cm³/mol. The highest BCUT2D eigenvalue weighted by atomic mass is 16.8. The third-order valence-electron chi connectivity index (χ3n) is 9.74. The maximum absolute atomic E-state index is 13.6. The number of hydrogen-bond donors (Lipinski definition) is 20. The van der Waals surface area contributed by atoms with Crippen LogP contribution in [0.2, 0.25) is 0 Å². The molecule has 1 saturated heterocycles. The van der Waals surface area contributed by atoms with Gasteiger partial charge in [-0.2, -0.15) is 0 Å². The number of rotatable bonds is 17. The first kappa shape index (κ1) is 48.3. The molecule has 336 valence electrons. The van der Waals surface area contributed by atoms with Crippen LogP contribution >= 0.6 is 0 Å². The number of aromatic hydroxyl groups is 3. The van der Waals surface area contributed by atoms with Crippen LogP contribution in [0.15, 0.2) is 60.7 Å². The molecule has 0 saturated carbocycles. The van der Waals surface area contributed by atoms with Gasteiger partial charge in [0.15, 0.2) is 17.2 Å². The molecule has 0 aliphatic carbocycles. The van der Waals surface area contributed by atoms with E-state index in [1.165, 1.54) is 17.4 Å². The number of aliphatic hydroxyl groups excluding tert-OH is 1. The normalized spacial score (nSPS) is 18.4. The molecule has 3 aromatic carbocycles. The number of phenolic OH excluding ortho intramolecular Hbond substituents is 3. The van der Waals surface area contributed by atoms with Crippen molar-refractivity contribution in [2.75, 3.05) is 0 Å². The maximum Gasteiger partial charge on any atom is 0.386 e. The van der Waals surface area contributed by atoms with E-state index in [4.69, 9.17) is 0 Å². The van der Waals surface area contributed by atoms with Gasteiger partial charge in [-0.05, 0) is 43.2 Å². The largest absolute Gasteiger partial charge is 0.504 e. The minimum Gasteiger partial charge on any atom is -0.504 e. The Morgan fingerprint density at radius 1 is 0.754 bits per heavy atom. The van der Waals surface area contributed by atoms with Gasteiger partial charge in [-0.1, -0.05) is 60.7 Å². The Balaban J connectivity index is 1.70. The number of nitrogens with one attached hydrogen (secondary N) is 2. The van der Waals surface area contributed by atoms with Gasteiger partial charge in [-0.3, -0.25) is 19.8 Å². The van der Waals surface area contributed by atoms with Crippen molar-refractivity contribution in [1.82, 2.24) is 15.5 Å². The van der Waals surface area contributed by atoms with Crippen molar-refractivity contribution in [3.8, 4) is 23.0 Å². The molecule has 0 spiro atoms.